The van der Waals surface area contributed by atoms with Gasteiger partial charge in [-0.3, -0.25) is 14.8 Å². The lowest BCUT2D eigenvalue weighted by Crippen LogP contribution is -2.32. The number of aromatic nitrogens is 2. The molecule has 0 bridgehead atoms. The minimum Gasteiger partial charge on any atom is -0.481 e. The number of rotatable bonds is 12. The summed E-state index contributed by atoms with van der Waals surface area (Å²) in [6.45, 7) is 9.87. The summed E-state index contributed by atoms with van der Waals surface area (Å²) < 4.78 is 9.01. The van der Waals surface area contributed by atoms with Crippen LogP contribution in [0.4, 0.5) is 0 Å². The Morgan fingerprint density at radius 3 is 2.31 bits per heavy atom. The molecule has 0 atom stereocenters. The van der Waals surface area contributed by atoms with Gasteiger partial charge in [-0.05, 0) is 68.0 Å². The first-order valence-corrected chi connectivity index (χ1v) is 15.0. The molecule has 3 heterocycles. The highest BCUT2D eigenvalue weighted by molar-refractivity contribution is 5.67. The van der Waals surface area contributed by atoms with Crippen LogP contribution in [0.3, 0.4) is 0 Å². The number of carboxylic acids is 1. The Labute approximate surface area is 248 Å². The van der Waals surface area contributed by atoms with Gasteiger partial charge in [0.25, 0.3) is 0 Å². The molecule has 0 spiro atoms. The van der Waals surface area contributed by atoms with E-state index >= 15 is 0 Å². The minimum absolute atomic E-state index is 0.117. The second-order valence-corrected chi connectivity index (χ2v) is 11.7. The standard InChI is InChI=1S/C35H40N4O3/c1-4-38(19-11-5-6-14-34(40)41)29-16-15-26-20-31-33(42-32(26)21-29)22-30(23-35(31,2)3)39(24-27-12-7-9-17-36-27)25-28-13-8-10-18-37-28/h7-10,12-13,15-18,20-22H,4-6,11,14,19,23-25H2,1-3H3/p+1. The van der Waals surface area contributed by atoms with Gasteiger partial charge in [-0.25, -0.2) is 4.58 Å². The molecule has 1 N–H and O–H groups in total. The van der Waals surface area contributed by atoms with Crippen LogP contribution >= 0.6 is 0 Å². The number of carbonyl (C=O) groups is 1. The van der Waals surface area contributed by atoms with Crippen LogP contribution in [0, 0.1) is 0 Å². The monoisotopic (exact) mass is 565 g/mol. The van der Waals surface area contributed by atoms with Gasteiger partial charge in [-0.2, -0.15) is 0 Å². The predicted molar refractivity (Wildman–Crippen MR) is 165 cm³/mol. The van der Waals surface area contributed by atoms with Crippen molar-refractivity contribution >= 4 is 12.0 Å². The van der Waals surface area contributed by atoms with E-state index in [9.17, 15) is 4.79 Å². The van der Waals surface area contributed by atoms with Crippen molar-refractivity contribution in [2.24, 2.45) is 0 Å². The van der Waals surface area contributed by atoms with Crippen molar-refractivity contribution in [2.75, 3.05) is 13.1 Å². The van der Waals surface area contributed by atoms with E-state index in [1.807, 2.05) is 36.7 Å². The first-order chi connectivity index (χ1) is 20.3. The molecule has 7 nitrogen and oxygen atoms in total. The summed E-state index contributed by atoms with van der Waals surface area (Å²) in [7, 11) is 0. The molecule has 2 aromatic rings. The molecule has 0 saturated heterocycles. The highest BCUT2D eigenvalue weighted by atomic mass is 16.4. The molecule has 2 aromatic heterocycles. The fourth-order valence-corrected chi connectivity index (χ4v) is 5.78. The number of unbranched alkanes of at least 4 members (excludes halogenated alkanes) is 2. The van der Waals surface area contributed by atoms with Gasteiger partial charge in [0, 0.05) is 54.2 Å². The van der Waals surface area contributed by atoms with Crippen LogP contribution in [0.25, 0.3) is 17.4 Å². The van der Waals surface area contributed by atoms with Crippen LogP contribution in [0.2, 0.25) is 0 Å². The van der Waals surface area contributed by atoms with Gasteiger partial charge in [0.05, 0.1) is 30.5 Å². The molecule has 5 rings (SSSR count). The van der Waals surface area contributed by atoms with Crippen molar-refractivity contribution < 1.29 is 14.3 Å². The highest BCUT2D eigenvalue weighted by Gasteiger charge is 2.33. The minimum atomic E-state index is -0.723. The Hall–Kier alpha value is -4.26. The summed E-state index contributed by atoms with van der Waals surface area (Å²) in [6.07, 6.45) is 9.60. The van der Waals surface area contributed by atoms with E-state index in [-0.39, 0.29) is 11.8 Å². The zero-order valence-electron chi connectivity index (χ0n) is 24.9. The molecule has 3 aliphatic rings. The number of carboxylic acid groups (broad SMARTS) is 1. The number of pyridine rings is 2. The van der Waals surface area contributed by atoms with E-state index in [1.165, 1.54) is 11.3 Å². The molecular weight excluding hydrogens is 524 g/mol. The van der Waals surface area contributed by atoms with E-state index in [1.54, 1.807) is 0 Å². The Bertz CT molecular complexity index is 1530. The third-order valence-electron chi connectivity index (χ3n) is 8.06. The van der Waals surface area contributed by atoms with Crippen molar-refractivity contribution in [1.29, 1.82) is 0 Å². The zero-order valence-corrected chi connectivity index (χ0v) is 24.9. The predicted octanol–water partition coefficient (Wildman–Crippen LogP) is 6.34. The summed E-state index contributed by atoms with van der Waals surface area (Å²) in [6, 6.07) is 20.9. The maximum absolute atomic E-state index is 10.8. The van der Waals surface area contributed by atoms with Crippen LogP contribution in [0.1, 0.15) is 75.6 Å². The lowest BCUT2D eigenvalue weighted by atomic mass is 9.75. The van der Waals surface area contributed by atoms with Crippen LogP contribution in [-0.4, -0.2) is 39.0 Å². The van der Waals surface area contributed by atoms with E-state index in [0.717, 1.165) is 66.2 Å². The molecule has 0 aromatic carbocycles. The Kier molecular flexibility index (Phi) is 9.15. The van der Waals surface area contributed by atoms with Crippen LogP contribution in [0.5, 0.6) is 0 Å². The fourth-order valence-electron chi connectivity index (χ4n) is 5.78. The Morgan fingerprint density at radius 1 is 0.976 bits per heavy atom. The molecule has 0 radical (unpaired) electrons. The highest BCUT2D eigenvalue weighted by Crippen LogP contribution is 2.42. The lowest BCUT2D eigenvalue weighted by molar-refractivity contribution is -0.137. The topological polar surface area (TPSA) is 82.5 Å². The second-order valence-electron chi connectivity index (χ2n) is 11.7. The number of benzene rings is 1. The summed E-state index contributed by atoms with van der Waals surface area (Å²) in [5, 5.41) is 10.0. The summed E-state index contributed by atoms with van der Waals surface area (Å²) >= 11 is 0. The Morgan fingerprint density at radius 2 is 1.69 bits per heavy atom. The van der Waals surface area contributed by atoms with Crippen LogP contribution in [-0.2, 0) is 23.3 Å². The van der Waals surface area contributed by atoms with Crippen LogP contribution in [0.15, 0.2) is 83.2 Å². The molecule has 1 aliphatic heterocycles. The Balaban J connectivity index is 1.49. The maximum atomic E-state index is 10.8. The molecule has 0 saturated carbocycles. The number of hydrogen-bond acceptors (Lipinski definition) is 5. The molecular formula is C35H41N4O3+. The largest absolute Gasteiger partial charge is 0.481 e. The maximum Gasteiger partial charge on any atom is 0.303 e. The van der Waals surface area contributed by atoms with E-state index in [0.29, 0.717) is 19.5 Å². The van der Waals surface area contributed by atoms with E-state index < -0.39 is 5.97 Å². The van der Waals surface area contributed by atoms with Crippen molar-refractivity contribution in [1.82, 2.24) is 19.4 Å². The SMILES string of the molecule is CC[N+](CCCCCC(=O)O)=c1ccc2cc3c(oc-2c1)C=C(N(Cc1ccccn1)Cc1ccccn1)CC3(C)C. The summed E-state index contributed by atoms with van der Waals surface area (Å²) in [5.41, 5.74) is 5.43. The third-order valence-corrected chi connectivity index (χ3v) is 8.06. The average Bonchev–Trinajstić information content (AvgIpc) is 2.98. The quantitative estimate of drug-likeness (QED) is 0.160. The summed E-state index contributed by atoms with van der Waals surface area (Å²) in [5.74, 6) is 1.04. The van der Waals surface area contributed by atoms with Gasteiger partial charge in [0.1, 0.15) is 24.6 Å². The molecule has 42 heavy (non-hydrogen) atoms. The lowest BCUT2D eigenvalue weighted by Gasteiger charge is -2.37. The zero-order chi connectivity index (χ0) is 29.5. The number of fused-ring (bicyclic) bond motifs is 2. The molecule has 0 amide bonds. The number of nitrogens with zero attached hydrogens (tertiary/aromatic N) is 4. The van der Waals surface area contributed by atoms with Gasteiger partial charge < -0.3 is 14.4 Å². The van der Waals surface area contributed by atoms with Crippen molar-refractivity contribution in [3.8, 4) is 11.3 Å². The average molecular weight is 566 g/mol. The first-order valence-electron chi connectivity index (χ1n) is 15.0. The fraction of sp³-hybridized carbons (Fsp3) is 0.371. The van der Waals surface area contributed by atoms with Gasteiger partial charge in [0.15, 0.2) is 0 Å². The number of hydrogen-bond donors (Lipinski definition) is 1. The van der Waals surface area contributed by atoms with Gasteiger partial charge in [-0.1, -0.05) is 26.0 Å². The molecule has 218 valence electrons. The van der Waals surface area contributed by atoms with Gasteiger partial charge in [-0.15, -0.1) is 0 Å². The molecule has 2 aliphatic carbocycles. The molecule has 7 heteroatoms. The smallest absolute Gasteiger partial charge is 0.303 e. The van der Waals surface area contributed by atoms with Gasteiger partial charge in [0.2, 0.25) is 5.36 Å². The first kappa shape index (κ1) is 29.2. The van der Waals surface area contributed by atoms with Crippen molar-refractivity contribution in [2.45, 2.75) is 71.4 Å². The number of aliphatic carboxylic acids is 1. The van der Waals surface area contributed by atoms with Gasteiger partial charge >= 0.3 is 5.97 Å². The van der Waals surface area contributed by atoms with Crippen molar-refractivity contribution in [3.05, 3.63) is 107 Å². The number of allylic oxidation sites excluding steroid dienone is 1. The second kappa shape index (κ2) is 13.1. The normalized spacial score (nSPS) is 14.7. The summed E-state index contributed by atoms with van der Waals surface area (Å²) in [4.78, 5) is 22.4. The van der Waals surface area contributed by atoms with Crippen molar-refractivity contribution in [3.63, 3.8) is 0 Å². The van der Waals surface area contributed by atoms with Crippen LogP contribution < -0.4 is 9.93 Å². The molecule has 0 fully saturated rings. The molecule has 0 unspecified atom stereocenters. The van der Waals surface area contributed by atoms with E-state index in [2.05, 4.69) is 82.7 Å². The van der Waals surface area contributed by atoms with E-state index in [4.69, 9.17) is 9.52 Å². The third kappa shape index (κ3) is 7.14.